The lowest BCUT2D eigenvalue weighted by atomic mass is 10.2. The maximum absolute atomic E-state index is 12.7. The SMILES string of the molecule is COc1cc2ncn(CCCC(=O)Nc3ccccc3)c(=O)c2cc1OC. The molecule has 0 bridgehead atoms. The first kappa shape index (κ1) is 18.4. The summed E-state index contributed by atoms with van der Waals surface area (Å²) in [6.07, 6.45) is 2.33. The van der Waals surface area contributed by atoms with Crippen LogP contribution in [0.3, 0.4) is 0 Å². The van der Waals surface area contributed by atoms with Crippen molar-refractivity contribution in [1.29, 1.82) is 0 Å². The minimum atomic E-state index is -0.176. The van der Waals surface area contributed by atoms with Crippen molar-refractivity contribution < 1.29 is 14.3 Å². The molecule has 3 aromatic rings. The van der Waals surface area contributed by atoms with Crippen molar-refractivity contribution in [3.05, 3.63) is 59.1 Å². The number of carbonyl (C=O) groups excluding carboxylic acids is 1. The number of nitrogens with zero attached hydrogens (tertiary/aromatic N) is 2. The summed E-state index contributed by atoms with van der Waals surface area (Å²) in [4.78, 5) is 29.0. The number of methoxy groups -OCH3 is 2. The summed E-state index contributed by atoms with van der Waals surface area (Å²) in [7, 11) is 3.05. The van der Waals surface area contributed by atoms with Crippen LogP contribution >= 0.6 is 0 Å². The second kappa shape index (κ2) is 8.35. The van der Waals surface area contributed by atoms with Gasteiger partial charge in [-0.3, -0.25) is 14.2 Å². The monoisotopic (exact) mass is 367 g/mol. The molecule has 1 heterocycles. The van der Waals surface area contributed by atoms with Gasteiger partial charge in [-0.2, -0.15) is 0 Å². The number of benzene rings is 2. The van der Waals surface area contributed by atoms with Gasteiger partial charge >= 0.3 is 0 Å². The van der Waals surface area contributed by atoms with E-state index in [9.17, 15) is 9.59 Å². The fraction of sp³-hybridized carbons (Fsp3) is 0.250. The number of para-hydroxylation sites is 1. The molecule has 1 amide bonds. The second-order valence-electron chi connectivity index (χ2n) is 5.99. The van der Waals surface area contributed by atoms with E-state index in [2.05, 4.69) is 10.3 Å². The van der Waals surface area contributed by atoms with Crippen LogP contribution in [0.2, 0.25) is 0 Å². The molecule has 1 aromatic heterocycles. The first-order valence-electron chi connectivity index (χ1n) is 8.58. The van der Waals surface area contributed by atoms with Crippen LogP contribution in [0.15, 0.2) is 53.6 Å². The van der Waals surface area contributed by atoms with Gasteiger partial charge in [-0.25, -0.2) is 4.98 Å². The molecule has 2 aromatic carbocycles. The number of aromatic nitrogens is 2. The Morgan fingerprint density at radius 1 is 1.11 bits per heavy atom. The van der Waals surface area contributed by atoms with Crippen LogP contribution in [-0.4, -0.2) is 29.7 Å². The van der Waals surface area contributed by atoms with Crippen LogP contribution < -0.4 is 20.3 Å². The minimum absolute atomic E-state index is 0.0885. The van der Waals surface area contributed by atoms with E-state index >= 15 is 0 Å². The lowest BCUT2D eigenvalue weighted by Crippen LogP contribution is -2.22. The van der Waals surface area contributed by atoms with Crippen molar-refractivity contribution in [3.63, 3.8) is 0 Å². The molecule has 0 unspecified atom stereocenters. The van der Waals surface area contributed by atoms with Crippen LogP contribution in [0.5, 0.6) is 11.5 Å². The molecular formula is C20H21N3O4. The molecule has 0 atom stereocenters. The second-order valence-corrected chi connectivity index (χ2v) is 5.99. The van der Waals surface area contributed by atoms with Crippen molar-refractivity contribution in [2.75, 3.05) is 19.5 Å². The first-order valence-corrected chi connectivity index (χ1v) is 8.58. The minimum Gasteiger partial charge on any atom is -0.493 e. The number of hydrogen-bond donors (Lipinski definition) is 1. The zero-order chi connectivity index (χ0) is 19.2. The molecule has 140 valence electrons. The van der Waals surface area contributed by atoms with Gasteiger partial charge < -0.3 is 14.8 Å². The van der Waals surface area contributed by atoms with Crippen LogP contribution in [0.25, 0.3) is 10.9 Å². The largest absolute Gasteiger partial charge is 0.493 e. The first-order chi connectivity index (χ1) is 13.1. The topological polar surface area (TPSA) is 82.5 Å². The predicted octanol–water partition coefficient (Wildman–Crippen LogP) is 2.83. The molecule has 0 aliphatic heterocycles. The summed E-state index contributed by atoms with van der Waals surface area (Å²) >= 11 is 0. The van der Waals surface area contributed by atoms with E-state index in [0.29, 0.717) is 41.8 Å². The quantitative estimate of drug-likeness (QED) is 0.694. The molecule has 0 aliphatic rings. The summed E-state index contributed by atoms with van der Waals surface area (Å²) in [6.45, 7) is 0.401. The maximum atomic E-state index is 12.7. The predicted molar refractivity (Wildman–Crippen MR) is 103 cm³/mol. The number of ether oxygens (including phenoxy) is 2. The molecule has 27 heavy (non-hydrogen) atoms. The summed E-state index contributed by atoms with van der Waals surface area (Å²) in [6, 6.07) is 12.6. The number of hydrogen-bond acceptors (Lipinski definition) is 5. The third-order valence-corrected chi connectivity index (χ3v) is 4.19. The highest BCUT2D eigenvalue weighted by molar-refractivity contribution is 5.90. The number of nitrogens with one attached hydrogen (secondary N) is 1. The van der Waals surface area contributed by atoms with Gasteiger partial charge in [-0.1, -0.05) is 18.2 Å². The molecule has 0 spiro atoms. The Kier molecular flexibility index (Phi) is 5.71. The Labute approximate surface area is 156 Å². The smallest absolute Gasteiger partial charge is 0.261 e. The average molecular weight is 367 g/mol. The van der Waals surface area contributed by atoms with Crippen molar-refractivity contribution in [3.8, 4) is 11.5 Å². The van der Waals surface area contributed by atoms with E-state index in [4.69, 9.17) is 9.47 Å². The molecule has 0 aliphatic carbocycles. The molecule has 0 fully saturated rings. The zero-order valence-corrected chi connectivity index (χ0v) is 15.3. The van der Waals surface area contributed by atoms with E-state index in [-0.39, 0.29) is 11.5 Å². The lowest BCUT2D eigenvalue weighted by Gasteiger charge is -2.10. The highest BCUT2D eigenvalue weighted by Crippen LogP contribution is 2.29. The van der Waals surface area contributed by atoms with Gasteiger partial charge in [0.1, 0.15) is 0 Å². The van der Waals surface area contributed by atoms with Gasteiger partial charge in [0, 0.05) is 24.7 Å². The molecule has 3 rings (SSSR count). The third kappa shape index (κ3) is 4.25. The standard InChI is InChI=1S/C20H21N3O4/c1-26-17-11-15-16(12-18(17)27-2)21-13-23(20(15)25)10-6-9-19(24)22-14-7-4-3-5-8-14/h3-5,7-8,11-13H,6,9-10H2,1-2H3,(H,22,24). The van der Waals surface area contributed by atoms with Gasteiger partial charge in [-0.15, -0.1) is 0 Å². The van der Waals surface area contributed by atoms with Crippen molar-refractivity contribution in [2.24, 2.45) is 0 Å². The third-order valence-electron chi connectivity index (χ3n) is 4.19. The van der Waals surface area contributed by atoms with Gasteiger partial charge in [0.25, 0.3) is 5.56 Å². The Balaban J connectivity index is 1.69. The summed E-state index contributed by atoms with van der Waals surface area (Å²) in [5, 5.41) is 3.28. The Morgan fingerprint density at radius 2 is 1.81 bits per heavy atom. The van der Waals surface area contributed by atoms with Crippen LogP contribution in [0.1, 0.15) is 12.8 Å². The Hall–Kier alpha value is -3.35. The molecule has 0 radical (unpaired) electrons. The molecular weight excluding hydrogens is 346 g/mol. The molecule has 7 heteroatoms. The molecule has 0 saturated carbocycles. The van der Waals surface area contributed by atoms with Gasteiger partial charge in [0.15, 0.2) is 11.5 Å². The van der Waals surface area contributed by atoms with Gasteiger partial charge in [0.2, 0.25) is 5.91 Å². The number of anilines is 1. The number of rotatable bonds is 7. The summed E-state index contributed by atoms with van der Waals surface area (Å²) < 4.78 is 12.0. The lowest BCUT2D eigenvalue weighted by molar-refractivity contribution is -0.116. The number of carbonyl (C=O) groups is 1. The maximum Gasteiger partial charge on any atom is 0.261 e. The van der Waals surface area contributed by atoms with E-state index in [1.165, 1.54) is 25.1 Å². The number of fused-ring (bicyclic) bond motifs is 1. The Morgan fingerprint density at radius 3 is 2.52 bits per heavy atom. The van der Waals surface area contributed by atoms with E-state index < -0.39 is 0 Å². The van der Waals surface area contributed by atoms with Crippen molar-refractivity contribution in [2.45, 2.75) is 19.4 Å². The highest BCUT2D eigenvalue weighted by atomic mass is 16.5. The van der Waals surface area contributed by atoms with Gasteiger partial charge in [-0.05, 0) is 24.6 Å². The van der Waals surface area contributed by atoms with E-state index in [1.807, 2.05) is 30.3 Å². The van der Waals surface area contributed by atoms with Crippen molar-refractivity contribution >= 4 is 22.5 Å². The van der Waals surface area contributed by atoms with Crippen LogP contribution in [0, 0.1) is 0 Å². The fourth-order valence-corrected chi connectivity index (χ4v) is 2.80. The van der Waals surface area contributed by atoms with E-state index in [0.717, 1.165) is 5.69 Å². The average Bonchev–Trinajstić information content (AvgIpc) is 2.69. The normalized spacial score (nSPS) is 10.6. The summed E-state index contributed by atoms with van der Waals surface area (Å²) in [5.41, 5.74) is 1.12. The van der Waals surface area contributed by atoms with Crippen LogP contribution in [0.4, 0.5) is 5.69 Å². The van der Waals surface area contributed by atoms with E-state index in [1.54, 1.807) is 12.1 Å². The highest BCUT2D eigenvalue weighted by Gasteiger charge is 2.11. The van der Waals surface area contributed by atoms with Crippen molar-refractivity contribution in [1.82, 2.24) is 9.55 Å². The molecule has 7 nitrogen and oxygen atoms in total. The van der Waals surface area contributed by atoms with Crippen LogP contribution in [-0.2, 0) is 11.3 Å². The Bertz CT molecular complexity index is 999. The number of aryl methyl sites for hydroxylation is 1. The summed E-state index contributed by atoms with van der Waals surface area (Å²) in [5.74, 6) is 0.908. The van der Waals surface area contributed by atoms with Gasteiger partial charge in [0.05, 0.1) is 31.4 Å². The molecule has 1 N–H and O–H groups in total. The number of amides is 1. The zero-order valence-electron chi connectivity index (χ0n) is 15.3. The molecule has 0 saturated heterocycles. The fourth-order valence-electron chi connectivity index (χ4n) is 2.80.